The lowest BCUT2D eigenvalue weighted by atomic mass is 9.89. The van der Waals surface area contributed by atoms with Crippen molar-refractivity contribution in [3.63, 3.8) is 0 Å². The van der Waals surface area contributed by atoms with Crippen LogP contribution in [0.3, 0.4) is 0 Å². The number of hydrogen-bond donors (Lipinski definition) is 1. The van der Waals surface area contributed by atoms with Crippen molar-refractivity contribution in [3.05, 3.63) is 23.3 Å². The second-order valence-electron chi connectivity index (χ2n) is 5.11. The summed E-state index contributed by atoms with van der Waals surface area (Å²) in [5.74, 6) is 1.25. The predicted molar refractivity (Wildman–Crippen MR) is 72.0 cm³/mol. The lowest BCUT2D eigenvalue weighted by Crippen LogP contribution is -2.10. The first-order valence-corrected chi connectivity index (χ1v) is 6.51. The highest BCUT2D eigenvalue weighted by molar-refractivity contribution is 5.68. The van der Waals surface area contributed by atoms with Crippen LogP contribution in [-0.4, -0.2) is 25.3 Å². The average Bonchev–Trinajstić information content (AvgIpc) is 3.19. The van der Waals surface area contributed by atoms with Gasteiger partial charge in [-0.1, -0.05) is 0 Å². The van der Waals surface area contributed by atoms with Crippen molar-refractivity contribution >= 4 is 5.97 Å². The Morgan fingerprint density at radius 3 is 2.42 bits per heavy atom. The van der Waals surface area contributed by atoms with Crippen LogP contribution in [0.4, 0.5) is 0 Å². The van der Waals surface area contributed by atoms with Crippen molar-refractivity contribution in [2.75, 3.05) is 14.2 Å². The number of ether oxygens (including phenoxy) is 2. The van der Waals surface area contributed by atoms with Gasteiger partial charge in [0.1, 0.15) is 11.5 Å². The topological polar surface area (TPSA) is 55.8 Å². The van der Waals surface area contributed by atoms with Gasteiger partial charge in [0, 0.05) is 11.5 Å². The molecule has 0 aliphatic heterocycles. The minimum Gasteiger partial charge on any atom is -0.496 e. The molecule has 19 heavy (non-hydrogen) atoms. The zero-order valence-electron chi connectivity index (χ0n) is 11.6. The number of hydrogen-bond acceptors (Lipinski definition) is 3. The third-order valence-electron chi connectivity index (χ3n) is 3.73. The summed E-state index contributed by atoms with van der Waals surface area (Å²) in [5, 5.41) is 9.09. The lowest BCUT2D eigenvalue weighted by Gasteiger charge is -2.20. The normalized spacial score (nSPS) is 15.9. The van der Waals surface area contributed by atoms with Crippen molar-refractivity contribution in [2.45, 2.75) is 32.1 Å². The molecule has 1 aliphatic rings. The van der Waals surface area contributed by atoms with Gasteiger partial charge >= 0.3 is 5.97 Å². The molecule has 1 fully saturated rings. The van der Waals surface area contributed by atoms with Crippen LogP contribution in [0.5, 0.6) is 11.5 Å². The first kappa shape index (κ1) is 13.7. The van der Waals surface area contributed by atoms with Gasteiger partial charge in [0.05, 0.1) is 20.6 Å². The van der Waals surface area contributed by atoms with E-state index in [0.717, 1.165) is 35.5 Å². The third kappa shape index (κ3) is 3.00. The number of carbonyl (C=O) groups is 1. The monoisotopic (exact) mass is 264 g/mol. The largest absolute Gasteiger partial charge is 0.496 e. The molecule has 1 aromatic carbocycles. The van der Waals surface area contributed by atoms with Gasteiger partial charge in [-0.25, -0.2) is 0 Å². The molecule has 1 aromatic rings. The van der Waals surface area contributed by atoms with Gasteiger partial charge in [-0.15, -0.1) is 0 Å². The van der Waals surface area contributed by atoms with Crippen LogP contribution in [0.2, 0.25) is 0 Å². The zero-order chi connectivity index (χ0) is 14.0. The average molecular weight is 264 g/mol. The maximum Gasteiger partial charge on any atom is 0.303 e. The smallest absolute Gasteiger partial charge is 0.303 e. The maximum atomic E-state index is 11.1. The Bertz CT molecular complexity index is 477. The quantitative estimate of drug-likeness (QED) is 0.858. The Hall–Kier alpha value is -1.71. The highest BCUT2D eigenvalue weighted by Crippen LogP contribution is 2.48. The maximum absolute atomic E-state index is 11.1. The second-order valence-corrected chi connectivity index (χ2v) is 5.11. The summed E-state index contributed by atoms with van der Waals surface area (Å²) in [5.41, 5.74) is 1.95. The van der Waals surface area contributed by atoms with Gasteiger partial charge in [0.15, 0.2) is 0 Å². The molecule has 0 amide bonds. The number of carboxylic acid groups (broad SMARTS) is 1. The Balaban J connectivity index is 2.41. The van der Waals surface area contributed by atoms with Gasteiger partial charge in [-0.3, -0.25) is 4.79 Å². The summed E-state index contributed by atoms with van der Waals surface area (Å²) in [4.78, 5) is 11.1. The van der Waals surface area contributed by atoms with E-state index < -0.39 is 5.97 Å². The Kier molecular flexibility index (Phi) is 3.98. The first-order chi connectivity index (χ1) is 9.06. The van der Waals surface area contributed by atoms with Crippen molar-refractivity contribution in [3.8, 4) is 11.5 Å². The summed E-state index contributed by atoms with van der Waals surface area (Å²) in [6.07, 6.45) is 2.34. The van der Waals surface area contributed by atoms with E-state index in [0.29, 0.717) is 5.92 Å². The molecule has 4 nitrogen and oxygen atoms in total. The van der Waals surface area contributed by atoms with E-state index in [4.69, 9.17) is 14.6 Å². The Morgan fingerprint density at radius 2 is 1.95 bits per heavy atom. The highest BCUT2D eigenvalue weighted by Gasteiger charge is 2.35. The molecule has 1 saturated carbocycles. The molecule has 1 aliphatic carbocycles. The number of aliphatic carboxylic acids is 1. The fourth-order valence-corrected chi connectivity index (χ4v) is 2.58. The van der Waals surface area contributed by atoms with Crippen LogP contribution in [0, 0.1) is 12.8 Å². The van der Waals surface area contributed by atoms with Crippen molar-refractivity contribution < 1.29 is 19.4 Å². The molecule has 0 bridgehead atoms. The molecule has 2 rings (SSSR count). The van der Waals surface area contributed by atoms with Crippen LogP contribution < -0.4 is 9.47 Å². The number of benzene rings is 1. The fourth-order valence-electron chi connectivity index (χ4n) is 2.58. The van der Waals surface area contributed by atoms with Crippen LogP contribution in [0.25, 0.3) is 0 Å². The second kappa shape index (κ2) is 5.51. The molecular weight excluding hydrogens is 244 g/mol. The Morgan fingerprint density at radius 1 is 1.32 bits per heavy atom. The highest BCUT2D eigenvalue weighted by atomic mass is 16.5. The van der Waals surface area contributed by atoms with Gasteiger partial charge in [-0.2, -0.15) is 0 Å². The fraction of sp³-hybridized carbons (Fsp3) is 0.533. The van der Waals surface area contributed by atoms with Crippen molar-refractivity contribution in [2.24, 2.45) is 5.92 Å². The number of rotatable bonds is 6. The number of carboxylic acids is 1. The summed E-state index contributed by atoms with van der Waals surface area (Å²) >= 11 is 0. The molecule has 4 heteroatoms. The van der Waals surface area contributed by atoms with E-state index in [9.17, 15) is 4.79 Å². The molecule has 0 spiro atoms. The molecule has 0 heterocycles. The zero-order valence-corrected chi connectivity index (χ0v) is 11.6. The van der Waals surface area contributed by atoms with Crippen LogP contribution in [0.15, 0.2) is 12.1 Å². The van der Waals surface area contributed by atoms with Gasteiger partial charge < -0.3 is 14.6 Å². The van der Waals surface area contributed by atoms with Gasteiger partial charge in [0.25, 0.3) is 0 Å². The third-order valence-corrected chi connectivity index (χ3v) is 3.73. The minimum absolute atomic E-state index is 0.0157. The van der Waals surface area contributed by atoms with E-state index in [2.05, 4.69) is 0 Å². The van der Waals surface area contributed by atoms with Crippen molar-refractivity contribution in [1.82, 2.24) is 0 Å². The summed E-state index contributed by atoms with van der Waals surface area (Å²) < 4.78 is 10.8. The van der Waals surface area contributed by atoms with Crippen LogP contribution >= 0.6 is 0 Å². The van der Waals surface area contributed by atoms with Crippen LogP contribution in [0.1, 0.15) is 36.3 Å². The molecular formula is C15H20O4. The van der Waals surface area contributed by atoms with E-state index in [1.807, 2.05) is 19.1 Å². The number of aryl methyl sites for hydroxylation is 1. The van der Waals surface area contributed by atoms with E-state index in [1.165, 1.54) is 0 Å². The molecule has 0 aromatic heterocycles. The Labute approximate surface area is 113 Å². The summed E-state index contributed by atoms with van der Waals surface area (Å²) in [6.45, 7) is 1.95. The number of methoxy groups -OCH3 is 2. The molecule has 1 N–H and O–H groups in total. The SMILES string of the molecule is COc1cc(C(CC(=O)O)C2CC2)c(OC)cc1C. The predicted octanol–water partition coefficient (Wildman–Crippen LogP) is 2.98. The molecule has 0 saturated heterocycles. The first-order valence-electron chi connectivity index (χ1n) is 6.51. The van der Waals surface area contributed by atoms with E-state index >= 15 is 0 Å². The minimum atomic E-state index is -0.765. The molecule has 104 valence electrons. The molecule has 0 radical (unpaired) electrons. The van der Waals surface area contributed by atoms with Crippen molar-refractivity contribution in [1.29, 1.82) is 0 Å². The van der Waals surface area contributed by atoms with E-state index in [1.54, 1.807) is 14.2 Å². The van der Waals surface area contributed by atoms with E-state index in [-0.39, 0.29) is 12.3 Å². The van der Waals surface area contributed by atoms with Crippen LogP contribution in [-0.2, 0) is 4.79 Å². The molecule has 1 unspecified atom stereocenters. The van der Waals surface area contributed by atoms with Gasteiger partial charge in [0.2, 0.25) is 0 Å². The van der Waals surface area contributed by atoms with Gasteiger partial charge in [-0.05, 0) is 43.4 Å². The summed E-state index contributed by atoms with van der Waals surface area (Å²) in [6, 6.07) is 3.85. The molecule has 1 atom stereocenters. The standard InChI is InChI=1S/C15H20O4/c1-9-6-14(19-3)12(7-13(9)18-2)11(8-15(16)17)10-4-5-10/h6-7,10-11H,4-5,8H2,1-3H3,(H,16,17). The summed E-state index contributed by atoms with van der Waals surface area (Å²) in [7, 11) is 3.25. The lowest BCUT2D eigenvalue weighted by molar-refractivity contribution is -0.137.